The average molecular weight is 359 g/mol. The van der Waals surface area contributed by atoms with Crippen molar-refractivity contribution in [2.75, 3.05) is 21.3 Å². The molecule has 1 saturated heterocycles. The molecule has 1 aliphatic rings. The van der Waals surface area contributed by atoms with E-state index in [1.807, 2.05) is 36.6 Å². The number of hydrogen-bond acceptors (Lipinski definition) is 5. The predicted molar refractivity (Wildman–Crippen MR) is 98.5 cm³/mol. The second-order valence-corrected chi connectivity index (χ2v) is 7.11. The monoisotopic (exact) mass is 359 g/mol. The Hall–Kier alpha value is -2.54. The molecule has 1 aromatic carbocycles. The molecule has 0 spiro atoms. The number of nitrogens with one attached hydrogen (secondary N) is 2. The van der Waals surface area contributed by atoms with Crippen molar-refractivity contribution in [1.29, 1.82) is 5.41 Å². The average Bonchev–Trinajstić information content (AvgIpc) is 3.10. The van der Waals surface area contributed by atoms with E-state index < -0.39 is 5.54 Å². The number of amides is 1. The van der Waals surface area contributed by atoms with Gasteiger partial charge in [0, 0.05) is 17.5 Å². The van der Waals surface area contributed by atoms with Crippen molar-refractivity contribution in [3.63, 3.8) is 0 Å². The maximum absolute atomic E-state index is 12.2. The number of rotatable bonds is 4. The van der Waals surface area contributed by atoms with Crippen LogP contribution in [-0.2, 0) is 10.3 Å². The third kappa shape index (κ3) is 3.07. The molecule has 7 heteroatoms. The van der Waals surface area contributed by atoms with Crippen molar-refractivity contribution < 1.29 is 14.3 Å². The highest BCUT2D eigenvalue weighted by molar-refractivity contribution is 7.10. The molecule has 1 amide bonds. The van der Waals surface area contributed by atoms with Gasteiger partial charge in [0.25, 0.3) is 0 Å². The van der Waals surface area contributed by atoms with Gasteiger partial charge in [-0.15, -0.1) is 11.3 Å². The number of guanidine groups is 1. The number of carbonyl (C=O) groups excluding carboxylic acids is 1. The SMILES string of the molecule is COc1ccc(OC)c(-c2csc([C@]3(C)CC(=O)N(C)C(=N)N3)c2)c1. The van der Waals surface area contributed by atoms with Crippen molar-refractivity contribution in [3.05, 3.63) is 34.5 Å². The zero-order chi connectivity index (χ0) is 18.2. The summed E-state index contributed by atoms with van der Waals surface area (Å²) in [5.41, 5.74) is 1.34. The summed E-state index contributed by atoms with van der Waals surface area (Å²) in [7, 11) is 4.88. The summed E-state index contributed by atoms with van der Waals surface area (Å²) in [6.07, 6.45) is 0.307. The molecule has 2 N–H and O–H groups in total. The largest absolute Gasteiger partial charge is 0.497 e. The summed E-state index contributed by atoms with van der Waals surface area (Å²) in [5.74, 6) is 1.56. The van der Waals surface area contributed by atoms with Crippen molar-refractivity contribution in [2.24, 2.45) is 0 Å². The highest BCUT2D eigenvalue weighted by Gasteiger charge is 2.39. The van der Waals surface area contributed by atoms with Gasteiger partial charge in [-0.05, 0) is 42.1 Å². The lowest BCUT2D eigenvalue weighted by molar-refractivity contribution is -0.129. The zero-order valence-electron chi connectivity index (χ0n) is 14.7. The van der Waals surface area contributed by atoms with E-state index >= 15 is 0 Å². The minimum Gasteiger partial charge on any atom is -0.497 e. The van der Waals surface area contributed by atoms with Crippen LogP contribution in [0.5, 0.6) is 11.5 Å². The van der Waals surface area contributed by atoms with Gasteiger partial charge in [-0.1, -0.05) is 0 Å². The molecule has 2 aromatic rings. The van der Waals surface area contributed by atoms with E-state index in [0.717, 1.165) is 27.5 Å². The number of carbonyl (C=O) groups is 1. The van der Waals surface area contributed by atoms with Crippen LogP contribution < -0.4 is 14.8 Å². The molecule has 1 aliphatic heterocycles. The van der Waals surface area contributed by atoms with E-state index in [2.05, 4.69) is 5.32 Å². The quantitative estimate of drug-likeness (QED) is 0.880. The molecule has 1 atom stereocenters. The molecule has 0 saturated carbocycles. The molecule has 1 aromatic heterocycles. The molecule has 0 radical (unpaired) electrons. The fourth-order valence-electron chi connectivity index (χ4n) is 2.89. The molecule has 6 nitrogen and oxygen atoms in total. The van der Waals surface area contributed by atoms with Gasteiger partial charge in [0.1, 0.15) is 11.5 Å². The van der Waals surface area contributed by atoms with Gasteiger partial charge in [-0.2, -0.15) is 0 Å². The lowest BCUT2D eigenvalue weighted by Gasteiger charge is -2.38. The summed E-state index contributed by atoms with van der Waals surface area (Å²) in [5, 5.41) is 13.2. The van der Waals surface area contributed by atoms with E-state index in [1.165, 1.54) is 4.90 Å². The third-order valence-corrected chi connectivity index (χ3v) is 5.66. The Bertz CT molecular complexity index is 813. The maximum atomic E-state index is 12.2. The number of methoxy groups -OCH3 is 2. The fourth-order valence-corrected chi connectivity index (χ4v) is 3.92. The molecule has 1 fully saturated rings. The lowest BCUT2D eigenvalue weighted by Crippen LogP contribution is -2.57. The number of nitrogens with zero attached hydrogens (tertiary/aromatic N) is 1. The Morgan fingerprint density at radius 2 is 2.04 bits per heavy atom. The summed E-state index contributed by atoms with van der Waals surface area (Å²) >= 11 is 1.56. The Morgan fingerprint density at radius 1 is 1.28 bits per heavy atom. The lowest BCUT2D eigenvalue weighted by atomic mass is 9.92. The number of thiophene rings is 1. The second kappa shape index (κ2) is 6.40. The molecule has 132 valence electrons. The Morgan fingerprint density at radius 3 is 2.68 bits per heavy atom. The van der Waals surface area contributed by atoms with Crippen molar-refractivity contribution in [3.8, 4) is 22.6 Å². The molecule has 25 heavy (non-hydrogen) atoms. The normalized spacial score (nSPS) is 20.4. The van der Waals surface area contributed by atoms with Crippen molar-refractivity contribution >= 4 is 23.2 Å². The Labute approximate surface area is 150 Å². The summed E-state index contributed by atoms with van der Waals surface area (Å²) < 4.78 is 10.8. The highest BCUT2D eigenvalue weighted by atomic mass is 32.1. The minimum absolute atomic E-state index is 0.0693. The van der Waals surface area contributed by atoms with Crippen molar-refractivity contribution in [1.82, 2.24) is 10.2 Å². The third-order valence-electron chi connectivity index (χ3n) is 4.47. The number of ether oxygens (including phenoxy) is 2. The summed E-state index contributed by atoms with van der Waals surface area (Å²) in [6, 6.07) is 7.71. The van der Waals surface area contributed by atoms with Gasteiger partial charge in [0.05, 0.1) is 26.2 Å². The van der Waals surface area contributed by atoms with E-state index in [0.29, 0.717) is 6.42 Å². The smallest absolute Gasteiger partial charge is 0.231 e. The van der Waals surface area contributed by atoms with Gasteiger partial charge in [-0.3, -0.25) is 15.1 Å². The Kier molecular flexibility index (Phi) is 4.43. The zero-order valence-corrected chi connectivity index (χ0v) is 15.5. The van der Waals surface area contributed by atoms with Crippen LogP contribution in [0.15, 0.2) is 29.6 Å². The van der Waals surface area contributed by atoms with Crippen LogP contribution in [0.3, 0.4) is 0 Å². The fraction of sp³-hybridized carbons (Fsp3) is 0.333. The number of benzene rings is 1. The highest BCUT2D eigenvalue weighted by Crippen LogP contribution is 2.40. The van der Waals surface area contributed by atoms with E-state index in [1.54, 1.807) is 32.6 Å². The van der Waals surface area contributed by atoms with Crippen LogP contribution in [0.2, 0.25) is 0 Å². The predicted octanol–water partition coefficient (Wildman–Crippen LogP) is 3.03. The molecular weight excluding hydrogens is 338 g/mol. The first kappa shape index (κ1) is 17.3. The van der Waals surface area contributed by atoms with Gasteiger partial charge in [0.15, 0.2) is 5.96 Å². The standard InChI is InChI=1S/C18H21N3O3S/c1-18(9-16(22)21(2)17(19)20-18)15-7-11(10-25-15)13-8-12(23-3)5-6-14(13)24-4/h5-8,10H,9H2,1-4H3,(H2,19,20)/t18-/m0/s1. The molecule has 2 heterocycles. The molecular formula is C18H21N3O3S. The molecule has 0 unspecified atom stereocenters. The van der Waals surface area contributed by atoms with E-state index in [4.69, 9.17) is 14.9 Å². The van der Waals surface area contributed by atoms with Crippen LogP contribution in [-0.4, -0.2) is 38.0 Å². The van der Waals surface area contributed by atoms with Crippen LogP contribution in [0, 0.1) is 5.41 Å². The van der Waals surface area contributed by atoms with Crippen LogP contribution in [0.4, 0.5) is 0 Å². The van der Waals surface area contributed by atoms with Crippen LogP contribution >= 0.6 is 11.3 Å². The van der Waals surface area contributed by atoms with Gasteiger partial charge < -0.3 is 14.8 Å². The first-order chi connectivity index (χ1) is 11.9. The summed E-state index contributed by atoms with van der Waals surface area (Å²) in [4.78, 5) is 14.5. The topological polar surface area (TPSA) is 74.7 Å². The first-order valence-corrected chi connectivity index (χ1v) is 8.70. The molecule has 3 rings (SSSR count). The molecule has 0 aliphatic carbocycles. The first-order valence-electron chi connectivity index (χ1n) is 7.82. The Balaban J connectivity index is 1.98. The van der Waals surface area contributed by atoms with Crippen molar-refractivity contribution in [2.45, 2.75) is 18.9 Å². The van der Waals surface area contributed by atoms with Crippen LogP contribution in [0.25, 0.3) is 11.1 Å². The second-order valence-electron chi connectivity index (χ2n) is 6.20. The molecule has 0 bridgehead atoms. The van der Waals surface area contributed by atoms with E-state index in [-0.39, 0.29) is 11.9 Å². The minimum atomic E-state index is -0.588. The number of hydrogen-bond donors (Lipinski definition) is 2. The van der Waals surface area contributed by atoms with E-state index in [9.17, 15) is 4.79 Å². The van der Waals surface area contributed by atoms with Gasteiger partial charge in [0.2, 0.25) is 5.91 Å². The van der Waals surface area contributed by atoms with Crippen LogP contribution in [0.1, 0.15) is 18.2 Å². The summed E-state index contributed by atoms with van der Waals surface area (Å²) in [6.45, 7) is 1.95. The van der Waals surface area contributed by atoms with Gasteiger partial charge in [-0.25, -0.2) is 0 Å². The van der Waals surface area contributed by atoms with Gasteiger partial charge >= 0.3 is 0 Å². The maximum Gasteiger partial charge on any atom is 0.231 e.